The number of hydrogen-bond acceptors (Lipinski definition) is 3. The number of methoxy groups -OCH3 is 1. The Morgan fingerprint density at radius 1 is 1.16 bits per heavy atom. The second-order valence-electron chi connectivity index (χ2n) is 7.08. The largest absolute Gasteiger partial charge is 0.381 e. The van der Waals surface area contributed by atoms with Gasteiger partial charge in [-0.05, 0) is 44.2 Å². The average molecular weight is 406 g/mol. The fourth-order valence-electron chi connectivity index (χ4n) is 4.12. The number of alkyl halides is 1. The number of rotatable bonds is 3. The van der Waals surface area contributed by atoms with Crippen molar-refractivity contribution in [2.45, 2.75) is 55.5 Å². The van der Waals surface area contributed by atoms with Gasteiger partial charge in [0.25, 0.3) is 0 Å². The molecule has 5 nitrogen and oxygen atoms in total. The van der Waals surface area contributed by atoms with Crippen LogP contribution in [0.2, 0.25) is 0 Å². The van der Waals surface area contributed by atoms with Gasteiger partial charge in [-0.3, -0.25) is 9.69 Å². The van der Waals surface area contributed by atoms with E-state index in [-0.39, 0.29) is 5.91 Å². The summed E-state index contributed by atoms with van der Waals surface area (Å²) in [5.41, 5.74) is 2.10. The number of hydrogen-bond donors (Lipinski definition) is 0. The second kappa shape index (κ2) is 7.08. The monoisotopic (exact) mass is 405 g/mol. The van der Waals surface area contributed by atoms with Crippen LogP contribution in [0.5, 0.6) is 0 Å². The first-order valence-corrected chi connectivity index (χ1v) is 10.0. The van der Waals surface area contributed by atoms with E-state index in [0.717, 1.165) is 49.1 Å². The quantitative estimate of drug-likeness (QED) is 0.723. The van der Waals surface area contributed by atoms with Crippen LogP contribution in [0.3, 0.4) is 0 Å². The van der Waals surface area contributed by atoms with E-state index in [1.807, 2.05) is 17.0 Å². The molecule has 0 spiro atoms. The minimum absolute atomic E-state index is 0.179. The zero-order valence-corrected chi connectivity index (χ0v) is 16.1. The smallest absolute Gasteiger partial charge is 0.229 e. The van der Waals surface area contributed by atoms with Crippen LogP contribution in [0.25, 0.3) is 11.0 Å². The number of piperidine rings is 1. The molecule has 1 saturated heterocycles. The number of para-hydroxylation sites is 2. The highest BCUT2D eigenvalue weighted by atomic mass is 79.9. The van der Waals surface area contributed by atoms with Gasteiger partial charge in [0.1, 0.15) is 0 Å². The Kier molecular flexibility index (Phi) is 4.82. The van der Waals surface area contributed by atoms with Gasteiger partial charge in [-0.25, -0.2) is 4.98 Å². The molecule has 1 aromatic carbocycles. The van der Waals surface area contributed by atoms with Gasteiger partial charge in [0.2, 0.25) is 11.9 Å². The lowest BCUT2D eigenvalue weighted by Crippen LogP contribution is -2.42. The number of carbonyl (C=O) groups is 1. The summed E-state index contributed by atoms with van der Waals surface area (Å²) in [4.78, 5) is 19.6. The van der Waals surface area contributed by atoms with Crippen molar-refractivity contribution >= 4 is 38.8 Å². The minimum Gasteiger partial charge on any atom is -0.381 e. The first kappa shape index (κ1) is 17.0. The normalized spacial score (nSPS) is 27.8. The summed E-state index contributed by atoms with van der Waals surface area (Å²) in [5.74, 6) is 0.994. The fraction of sp³-hybridized carbons (Fsp3) is 0.579. The van der Waals surface area contributed by atoms with Gasteiger partial charge >= 0.3 is 0 Å². The Morgan fingerprint density at radius 2 is 1.92 bits per heavy atom. The molecule has 0 N–H and O–H groups in total. The van der Waals surface area contributed by atoms with Gasteiger partial charge in [-0.15, -0.1) is 0 Å². The van der Waals surface area contributed by atoms with Gasteiger partial charge in [0.05, 0.1) is 17.1 Å². The van der Waals surface area contributed by atoms with E-state index in [0.29, 0.717) is 29.9 Å². The lowest BCUT2D eigenvalue weighted by atomic mass is 9.92. The summed E-state index contributed by atoms with van der Waals surface area (Å²) in [6, 6.07) is 8.59. The first-order valence-electron chi connectivity index (χ1n) is 9.11. The van der Waals surface area contributed by atoms with E-state index in [2.05, 4.69) is 32.6 Å². The summed E-state index contributed by atoms with van der Waals surface area (Å²) in [6.07, 6.45) is 6.07. The summed E-state index contributed by atoms with van der Waals surface area (Å²) >= 11 is 3.69. The van der Waals surface area contributed by atoms with Crippen LogP contribution in [0, 0.1) is 0 Å². The van der Waals surface area contributed by atoms with Crippen LogP contribution in [0.15, 0.2) is 24.3 Å². The van der Waals surface area contributed by atoms with Crippen molar-refractivity contribution in [2.75, 3.05) is 18.6 Å². The SMILES string of the molecule is COC1CCC(n2c(N3CC(Br)CCC3=O)nc3ccccc32)CC1. The second-order valence-corrected chi connectivity index (χ2v) is 8.37. The van der Waals surface area contributed by atoms with Crippen LogP contribution in [-0.4, -0.2) is 40.0 Å². The van der Waals surface area contributed by atoms with Crippen molar-refractivity contribution in [1.29, 1.82) is 0 Å². The number of imidazole rings is 1. The van der Waals surface area contributed by atoms with Gasteiger partial charge < -0.3 is 9.30 Å². The molecular weight excluding hydrogens is 382 g/mol. The molecule has 2 aliphatic rings. The molecule has 2 heterocycles. The van der Waals surface area contributed by atoms with Crippen molar-refractivity contribution < 1.29 is 9.53 Å². The van der Waals surface area contributed by atoms with E-state index in [9.17, 15) is 4.79 Å². The van der Waals surface area contributed by atoms with E-state index in [1.54, 1.807) is 7.11 Å². The molecule has 1 atom stereocenters. The lowest BCUT2D eigenvalue weighted by molar-refractivity contribution is -0.119. The molecule has 0 bridgehead atoms. The Labute approximate surface area is 156 Å². The number of ether oxygens (including phenoxy) is 1. The minimum atomic E-state index is 0.179. The highest BCUT2D eigenvalue weighted by Crippen LogP contribution is 2.37. The van der Waals surface area contributed by atoms with Gasteiger partial charge in [-0.2, -0.15) is 0 Å². The Bertz CT molecular complexity index is 767. The van der Waals surface area contributed by atoms with Gasteiger partial charge in [-0.1, -0.05) is 28.1 Å². The number of benzene rings is 1. The van der Waals surface area contributed by atoms with Crippen LogP contribution < -0.4 is 4.90 Å². The van der Waals surface area contributed by atoms with E-state index in [1.165, 1.54) is 0 Å². The van der Waals surface area contributed by atoms with Crippen LogP contribution in [0.4, 0.5) is 5.95 Å². The van der Waals surface area contributed by atoms with E-state index in [4.69, 9.17) is 9.72 Å². The number of anilines is 1. The number of aromatic nitrogens is 2. The maximum Gasteiger partial charge on any atom is 0.229 e. The molecule has 4 rings (SSSR count). The first-order chi connectivity index (χ1) is 12.2. The molecule has 1 aliphatic heterocycles. The molecule has 25 heavy (non-hydrogen) atoms. The third-order valence-corrected chi connectivity index (χ3v) is 6.26. The summed E-state index contributed by atoms with van der Waals surface area (Å²) in [5, 5.41) is 0. The Morgan fingerprint density at radius 3 is 2.68 bits per heavy atom. The maximum absolute atomic E-state index is 12.6. The highest BCUT2D eigenvalue weighted by Gasteiger charge is 2.32. The number of fused-ring (bicyclic) bond motifs is 1. The topological polar surface area (TPSA) is 47.4 Å². The average Bonchev–Trinajstić information content (AvgIpc) is 3.03. The third-order valence-electron chi connectivity index (χ3n) is 5.51. The predicted molar refractivity (Wildman–Crippen MR) is 102 cm³/mol. The molecule has 6 heteroatoms. The molecule has 1 saturated carbocycles. The summed E-state index contributed by atoms with van der Waals surface area (Å²) in [7, 11) is 1.80. The molecule has 1 aliphatic carbocycles. The summed E-state index contributed by atoms with van der Waals surface area (Å²) in [6.45, 7) is 0.690. The number of halogens is 1. The lowest BCUT2D eigenvalue weighted by Gasteiger charge is -2.34. The number of carbonyl (C=O) groups excluding carboxylic acids is 1. The fourth-order valence-corrected chi connectivity index (χ4v) is 4.64. The van der Waals surface area contributed by atoms with Crippen molar-refractivity contribution in [1.82, 2.24) is 9.55 Å². The molecule has 2 fully saturated rings. The molecule has 1 unspecified atom stereocenters. The standard InChI is InChI=1S/C19H24BrN3O2/c1-25-15-9-7-14(8-10-15)23-17-5-3-2-4-16(17)21-19(23)22-12-13(20)6-11-18(22)24/h2-5,13-15H,6-12H2,1H3. The van der Waals surface area contributed by atoms with Gasteiger partial charge in [0.15, 0.2) is 0 Å². The predicted octanol–water partition coefficient (Wildman–Crippen LogP) is 4.06. The maximum atomic E-state index is 12.6. The van der Waals surface area contributed by atoms with E-state index < -0.39 is 0 Å². The Hall–Kier alpha value is -1.40. The molecule has 1 aromatic heterocycles. The molecule has 134 valence electrons. The van der Waals surface area contributed by atoms with Crippen molar-refractivity contribution in [3.8, 4) is 0 Å². The third kappa shape index (κ3) is 3.22. The van der Waals surface area contributed by atoms with Gasteiger partial charge in [0, 0.05) is 30.9 Å². The van der Waals surface area contributed by atoms with Crippen molar-refractivity contribution in [3.05, 3.63) is 24.3 Å². The molecule has 2 aromatic rings. The van der Waals surface area contributed by atoms with Crippen LogP contribution >= 0.6 is 15.9 Å². The zero-order valence-electron chi connectivity index (χ0n) is 14.5. The number of amides is 1. The van der Waals surface area contributed by atoms with Crippen LogP contribution in [-0.2, 0) is 9.53 Å². The zero-order chi connectivity index (χ0) is 17.4. The van der Waals surface area contributed by atoms with Crippen molar-refractivity contribution in [2.24, 2.45) is 0 Å². The van der Waals surface area contributed by atoms with Crippen molar-refractivity contribution in [3.63, 3.8) is 0 Å². The summed E-state index contributed by atoms with van der Waals surface area (Å²) < 4.78 is 7.84. The molecular formula is C19H24BrN3O2. The van der Waals surface area contributed by atoms with Crippen LogP contribution in [0.1, 0.15) is 44.6 Å². The highest BCUT2D eigenvalue weighted by molar-refractivity contribution is 9.09. The van der Waals surface area contributed by atoms with E-state index >= 15 is 0 Å². The molecule has 0 radical (unpaired) electrons. The number of nitrogens with zero attached hydrogens (tertiary/aromatic N) is 3. The molecule has 1 amide bonds. The Balaban J connectivity index is 1.75.